The van der Waals surface area contributed by atoms with Gasteiger partial charge in [-0.15, -0.1) is 0 Å². The summed E-state index contributed by atoms with van der Waals surface area (Å²) < 4.78 is 4.98. The second-order valence-corrected chi connectivity index (χ2v) is 4.17. The van der Waals surface area contributed by atoms with Crippen molar-refractivity contribution in [3.05, 3.63) is 0 Å². The van der Waals surface area contributed by atoms with Gasteiger partial charge in [-0.05, 0) is 19.8 Å². The first-order valence-electron chi connectivity index (χ1n) is 6.26. The Morgan fingerprint density at radius 1 is 1.33 bits per heavy atom. The summed E-state index contributed by atoms with van der Waals surface area (Å²) in [5.74, 6) is -1.04. The maximum Gasteiger partial charge on any atom is 0.325 e. The number of ether oxygens (including phenoxy) is 1. The van der Waals surface area contributed by atoms with E-state index in [4.69, 9.17) is 9.84 Å². The van der Waals surface area contributed by atoms with Gasteiger partial charge in [-0.25, -0.2) is 4.79 Å². The van der Waals surface area contributed by atoms with Gasteiger partial charge >= 0.3 is 12.0 Å². The monoisotopic (exact) mass is 260 g/mol. The minimum Gasteiger partial charge on any atom is -0.480 e. The van der Waals surface area contributed by atoms with Crippen LogP contribution in [0.4, 0.5) is 4.79 Å². The summed E-state index contributed by atoms with van der Waals surface area (Å²) in [5.41, 5.74) is 0. The van der Waals surface area contributed by atoms with Crippen LogP contribution in [0.3, 0.4) is 0 Å². The molecule has 0 aromatic carbocycles. The minimum absolute atomic E-state index is 0.0983. The number of hydrogen-bond acceptors (Lipinski definition) is 3. The molecule has 18 heavy (non-hydrogen) atoms. The lowest BCUT2D eigenvalue weighted by atomic mass is 10.1. The molecule has 6 heteroatoms. The molecule has 1 unspecified atom stereocenters. The lowest BCUT2D eigenvalue weighted by Gasteiger charge is -2.31. The number of carbonyl (C=O) groups is 2. The molecule has 0 aliphatic rings. The van der Waals surface area contributed by atoms with Crippen LogP contribution in [0, 0.1) is 0 Å². The molecule has 0 fully saturated rings. The van der Waals surface area contributed by atoms with Crippen molar-refractivity contribution < 1.29 is 19.4 Å². The smallest absolute Gasteiger partial charge is 0.325 e. The first-order valence-corrected chi connectivity index (χ1v) is 6.26. The van der Waals surface area contributed by atoms with E-state index < -0.39 is 12.0 Å². The fraction of sp³-hybridized carbons (Fsp3) is 0.833. The molecule has 2 amide bonds. The van der Waals surface area contributed by atoms with Crippen LogP contribution < -0.4 is 5.32 Å². The summed E-state index contributed by atoms with van der Waals surface area (Å²) in [4.78, 5) is 24.4. The highest BCUT2D eigenvalue weighted by Gasteiger charge is 2.23. The van der Waals surface area contributed by atoms with E-state index in [0.717, 1.165) is 12.8 Å². The normalized spacial score (nSPS) is 12.3. The Labute approximate surface area is 108 Å². The number of urea groups is 1. The Bertz CT molecular complexity index is 267. The lowest BCUT2D eigenvalue weighted by Crippen LogP contribution is -2.51. The molecule has 0 saturated heterocycles. The molecule has 0 spiro atoms. The standard InChI is InChI=1S/C12H24N2O4/c1-5-10(6-2)14(7-8-18-4)12(17)13-9(3)11(15)16/h9-10H,5-8H2,1-4H3,(H,13,17)(H,15,16). The van der Waals surface area contributed by atoms with Gasteiger partial charge in [-0.3, -0.25) is 4.79 Å². The van der Waals surface area contributed by atoms with Gasteiger partial charge in [-0.2, -0.15) is 0 Å². The van der Waals surface area contributed by atoms with Crippen molar-refractivity contribution in [2.75, 3.05) is 20.3 Å². The van der Waals surface area contributed by atoms with E-state index >= 15 is 0 Å². The summed E-state index contributed by atoms with van der Waals surface area (Å²) in [6, 6.07) is -1.14. The Kier molecular flexibility index (Phi) is 8.11. The number of nitrogens with zero attached hydrogens (tertiary/aromatic N) is 1. The Morgan fingerprint density at radius 3 is 2.28 bits per heavy atom. The van der Waals surface area contributed by atoms with E-state index in [1.807, 2.05) is 13.8 Å². The predicted octanol–water partition coefficient (Wildman–Crippen LogP) is 1.31. The van der Waals surface area contributed by atoms with Crippen LogP contribution in [0.25, 0.3) is 0 Å². The van der Waals surface area contributed by atoms with E-state index in [-0.39, 0.29) is 12.1 Å². The highest BCUT2D eigenvalue weighted by atomic mass is 16.5. The number of carboxylic acid groups (broad SMARTS) is 1. The van der Waals surface area contributed by atoms with Crippen LogP contribution in [0.5, 0.6) is 0 Å². The number of hydrogen-bond donors (Lipinski definition) is 2. The van der Waals surface area contributed by atoms with E-state index in [1.165, 1.54) is 6.92 Å². The van der Waals surface area contributed by atoms with Crippen LogP contribution in [0.2, 0.25) is 0 Å². The van der Waals surface area contributed by atoms with Gasteiger partial charge < -0.3 is 20.1 Å². The third kappa shape index (κ3) is 5.35. The summed E-state index contributed by atoms with van der Waals surface area (Å²) in [7, 11) is 1.57. The molecule has 0 aliphatic heterocycles. The molecule has 1 atom stereocenters. The molecule has 106 valence electrons. The topological polar surface area (TPSA) is 78.9 Å². The number of aliphatic carboxylic acids is 1. The van der Waals surface area contributed by atoms with E-state index in [1.54, 1.807) is 12.0 Å². The van der Waals surface area contributed by atoms with Crippen LogP contribution in [-0.2, 0) is 9.53 Å². The fourth-order valence-electron chi connectivity index (χ4n) is 1.70. The zero-order valence-electron chi connectivity index (χ0n) is 11.6. The summed E-state index contributed by atoms with van der Waals surface area (Å²) >= 11 is 0. The zero-order chi connectivity index (χ0) is 14.1. The lowest BCUT2D eigenvalue weighted by molar-refractivity contribution is -0.138. The number of methoxy groups -OCH3 is 1. The number of rotatable bonds is 8. The van der Waals surface area contributed by atoms with Crippen LogP contribution in [-0.4, -0.2) is 54.4 Å². The Balaban J connectivity index is 4.62. The SMILES string of the molecule is CCC(CC)N(CCOC)C(=O)NC(C)C(=O)O. The van der Waals surface area contributed by atoms with Gasteiger partial charge in [0.1, 0.15) is 6.04 Å². The molecule has 0 rings (SSSR count). The predicted molar refractivity (Wildman–Crippen MR) is 68.6 cm³/mol. The largest absolute Gasteiger partial charge is 0.480 e. The quantitative estimate of drug-likeness (QED) is 0.689. The Hall–Kier alpha value is -1.30. The number of carbonyl (C=O) groups excluding carboxylic acids is 1. The highest BCUT2D eigenvalue weighted by molar-refractivity contribution is 5.82. The summed E-state index contributed by atoms with van der Waals surface area (Å²) in [6.07, 6.45) is 1.66. The average molecular weight is 260 g/mol. The molecule has 0 bridgehead atoms. The van der Waals surface area contributed by atoms with Gasteiger partial charge in [0.05, 0.1) is 6.61 Å². The Morgan fingerprint density at radius 2 is 1.89 bits per heavy atom. The fourth-order valence-corrected chi connectivity index (χ4v) is 1.70. The third-order valence-electron chi connectivity index (χ3n) is 2.89. The van der Waals surface area contributed by atoms with Gasteiger partial charge in [0.25, 0.3) is 0 Å². The minimum atomic E-state index is -1.04. The summed E-state index contributed by atoms with van der Waals surface area (Å²) in [5, 5.41) is 11.3. The van der Waals surface area contributed by atoms with Gasteiger partial charge in [0.15, 0.2) is 0 Å². The van der Waals surface area contributed by atoms with Crippen molar-refractivity contribution >= 4 is 12.0 Å². The van der Waals surface area contributed by atoms with Crippen molar-refractivity contribution in [3.63, 3.8) is 0 Å². The maximum atomic E-state index is 12.0. The van der Waals surface area contributed by atoms with Crippen molar-refractivity contribution in [1.29, 1.82) is 0 Å². The van der Waals surface area contributed by atoms with Crippen molar-refractivity contribution in [3.8, 4) is 0 Å². The number of amides is 2. The van der Waals surface area contributed by atoms with E-state index in [0.29, 0.717) is 13.2 Å². The van der Waals surface area contributed by atoms with Gasteiger partial charge in [0, 0.05) is 19.7 Å². The molecular weight excluding hydrogens is 236 g/mol. The van der Waals surface area contributed by atoms with E-state index in [2.05, 4.69) is 5.32 Å². The van der Waals surface area contributed by atoms with Gasteiger partial charge in [0.2, 0.25) is 0 Å². The first-order chi connectivity index (χ1) is 8.47. The van der Waals surface area contributed by atoms with Crippen LogP contribution in [0.1, 0.15) is 33.6 Å². The molecule has 0 aromatic rings. The molecule has 6 nitrogen and oxygen atoms in total. The number of carboxylic acids is 1. The first kappa shape index (κ1) is 16.7. The van der Waals surface area contributed by atoms with Gasteiger partial charge in [-0.1, -0.05) is 13.8 Å². The second kappa shape index (κ2) is 8.74. The second-order valence-electron chi connectivity index (χ2n) is 4.17. The number of nitrogens with one attached hydrogen (secondary N) is 1. The molecule has 0 aliphatic carbocycles. The van der Waals surface area contributed by atoms with Crippen molar-refractivity contribution in [1.82, 2.24) is 10.2 Å². The maximum absolute atomic E-state index is 12.0. The van der Waals surface area contributed by atoms with Crippen LogP contribution >= 0.6 is 0 Å². The molecule has 0 saturated carbocycles. The molecule has 0 heterocycles. The average Bonchev–Trinajstić information content (AvgIpc) is 2.34. The molecular formula is C12H24N2O4. The van der Waals surface area contributed by atoms with Crippen molar-refractivity contribution in [2.45, 2.75) is 45.7 Å². The molecule has 2 N–H and O–H groups in total. The summed E-state index contributed by atoms with van der Waals surface area (Å²) in [6.45, 7) is 6.35. The third-order valence-corrected chi connectivity index (χ3v) is 2.89. The van der Waals surface area contributed by atoms with Crippen LogP contribution in [0.15, 0.2) is 0 Å². The molecule has 0 radical (unpaired) electrons. The van der Waals surface area contributed by atoms with E-state index in [9.17, 15) is 9.59 Å². The highest BCUT2D eigenvalue weighted by Crippen LogP contribution is 2.09. The zero-order valence-corrected chi connectivity index (χ0v) is 11.6. The van der Waals surface area contributed by atoms with Crippen molar-refractivity contribution in [2.24, 2.45) is 0 Å². The molecule has 0 aromatic heterocycles.